The topological polar surface area (TPSA) is 44.2 Å². The largest absolute Gasteiger partial charge is 0.278 e. The lowest BCUT2D eigenvalue weighted by atomic mass is 10.3. The molecule has 1 heterocycles. The molecule has 78 valence electrons. The Hall–Kier alpha value is -1.07. The second-order valence-electron chi connectivity index (χ2n) is 2.92. The summed E-state index contributed by atoms with van der Waals surface area (Å²) < 4.78 is 12.9. The van der Waals surface area contributed by atoms with Gasteiger partial charge in [-0.05, 0) is 18.2 Å². The monoisotopic (exact) mass is 244 g/mol. The highest BCUT2D eigenvalue weighted by molar-refractivity contribution is 8.15. The number of carbonyl (C=O) groups is 1. The summed E-state index contributed by atoms with van der Waals surface area (Å²) in [5.41, 5.74) is 0.432. The van der Waals surface area contributed by atoms with Crippen LogP contribution in [0.25, 0.3) is 0 Å². The number of thioether (sulfide) groups is 1. The molecule has 2 rings (SSSR count). The van der Waals surface area contributed by atoms with E-state index >= 15 is 0 Å². The molecule has 1 aromatic carbocycles. The van der Waals surface area contributed by atoms with Gasteiger partial charge in [-0.25, -0.2) is 4.39 Å². The van der Waals surface area contributed by atoms with Crippen LogP contribution < -0.4 is 4.90 Å². The van der Waals surface area contributed by atoms with Gasteiger partial charge in [-0.2, -0.15) is 0 Å². The second kappa shape index (κ2) is 3.83. The normalized spacial score (nSPS) is 16.3. The van der Waals surface area contributed by atoms with Crippen LogP contribution in [0.2, 0.25) is 5.02 Å². The molecule has 1 amide bonds. The van der Waals surface area contributed by atoms with Crippen LogP contribution >= 0.6 is 23.4 Å². The lowest BCUT2D eigenvalue weighted by Gasteiger charge is -2.14. The number of anilines is 1. The van der Waals surface area contributed by atoms with Gasteiger partial charge in [0.15, 0.2) is 5.17 Å². The Morgan fingerprint density at radius 2 is 2.27 bits per heavy atom. The van der Waals surface area contributed by atoms with Crippen molar-refractivity contribution in [3.8, 4) is 0 Å². The first-order chi connectivity index (χ1) is 7.09. The summed E-state index contributed by atoms with van der Waals surface area (Å²) >= 11 is 6.74. The summed E-state index contributed by atoms with van der Waals surface area (Å²) in [4.78, 5) is 12.6. The highest BCUT2D eigenvalue weighted by atomic mass is 35.5. The van der Waals surface area contributed by atoms with Gasteiger partial charge >= 0.3 is 0 Å². The molecule has 0 unspecified atom stereocenters. The zero-order valence-electron chi connectivity index (χ0n) is 7.46. The number of amides is 1. The van der Waals surface area contributed by atoms with Crippen molar-refractivity contribution in [1.29, 1.82) is 5.41 Å². The molecule has 0 atom stereocenters. The first kappa shape index (κ1) is 10.4. The maximum atomic E-state index is 12.9. The van der Waals surface area contributed by atoms with Gasteiger partial charge in [0, 0.05) is 0 Å². The molecular weight excluding hydrogens is 239 g/mol. The summed E-state index contributed by atoms with van der Waals surface area (Å²) in [6.07, 6.45) is 0. The zero-order chi connectivity index (χ0) is 11.0. The molecule has 0 spiro atoms. The molecule has 1 saturated heterocycles. The summed E-state index contributed by atoms with van der Waals surface area (Å²) in [5.74, 6) is -0.479. The third-order valence-corrected chi connectivity index (χ3v) is 3.08. The molecule has 0 saturated carbocycles. The number of nitrogens with zero attached hydrogens (tertiary/aromatic N) is 1. The van der Waals surface area contributed by atoms with E-state index in [0.29, 0.717) is 5.69 Å². The van der Waals surface area contributed by atoms with E-state index in [9.17, 15) is 9.18 Å². The number of amidine groups is 1. The molecule has 1 aliphatic rings. The SMILES string of the molecule is N=C1SCC(=O)N1c1ccc(F)c(Cl)c1. The predicted octanol–water partition coefficient (Wildman–Crippen LogP) is 2.49. The zero-order valence-corrected chi connectivity index (χ0v) is 9.03. The molecule has 0 aliphatic carbocycles. The minimum Gasteiger partial charge on any atom is -0.278 e. The number of halogens is 2. The molecule has 0 bridgehead atoms. The van der Waals surface area contributed by atoms with E-state index in [2.05, 4.69) is 0 Å². The van der Waals surface area contributed by atoms with Crippen molar-refractivity contribution >= 4 is 40.1 Å². The lowest BCUT2D eigenvalue weighted by molar-refractivity contribution is -0.115. The average Bonchev–Trinajstić information content (AvgIpc) is 2.52. The van der Waals surface area contributed by atoms with Crippen LogP contribution in [0.1, 0.15) is 0 Å². The molecule has 15 heavy (non-hydrogen) atoms. The highest BCUT2D eigenvalue weighted by Gasteiger charge is 2.28. The van der Waals surface area contributed by atoms with Crippen molar-refractivity contribution in [3.63, 3.8) is 0 Å². The minimum absolute atomic E-state index is 0.0509. The van der Waals surface area contributed by atoms with Crippen molar-refractivity contribution in [1.82, 2.24) is 0 Å². The fourth-order valence-electron chi connectivity index (χ4n) is 1.26. The molecule has 3 nitrogen and oxygen atoms in total. The van der Waals surface area contributed by atoms with Gasteiger partial charge in [0.25, 0.3) is 0 Å². The van der Waals surface area contributed by atoms with Gasteiger partial charge in [0.05, 0.1) is 16.5 Å². The number of rotatable bonds is 1. The van der Waals surface area contributed by atoms with Gasteiger partial charge in [0.1, 0.15) is 5.82 Å². The van der Waals surface area contributed by atoms with Crippen LogP contribution in [0.5, 0.6) is 0 Å². The molecule has 1 aliphatic heterocycles. The average molecular weight is 245 g/mol. The number of carbonyl (C=O) groups excluding carboxylic acids is 1. The van der Waals surface area contributed by atoms with Gasteiger partial charge < -0.3 is 0 Å². The Bertz CT molecular complexity index is 436. The number of hydrogen-bond acceptors (Lipinski definition) is 3. The number of nitrogens with one attached hydrogen (secondary N) is 1. The third-order valence-electron chi connectivity index (χ3n) is 1.95. The van der Waals surface area contributed by atoms with E-state index in [4.69, 9.17) is 17.0 Å². The van der Waals surface area contributed by atoms with Crippen molar-refractivity contribution in [2.75, 3.05) is 10.7 Å². The molecule has 0 radical (unpaired) electrons. The van der Waals surface area contributed by atoms with Crippen LogP contribution in [0.4, 0.5) is 10.1 Å². The van der Waals surface area contributed by atoms with Crippen molar-refractivity contribution < 1.29 is 9.18 Å². The molecule has 6 heteroatoms. The van der Waals surface area contributed by atoms with Crippen LogP contribution in [0.15, 0.2) is 18.2 Å². The fourth-order valence-corrected chi connectivity index (χ4v) is 2.16. The highest BCUT2D eigenvalue weighted by Crippen LogP contribution is 2.28. The second-order valence-corrected chi connectivity index (χ2v) is 4.29. The van der Waals surface area contributed by atoms with E-state index in [-0.39, 0.29) is 21.9 Å². The van der Waals surface area contributed by atoms with Crippen molar-refractivity contribution in [2.24, 2.45) is 0 Å². The molecule has 1 aromatic rings. The standard InChI is InChI=1S/C9H6ClFN2OS/c10-6-3-5(1-2-7(6)11)13-8(14)4-15-9(13)12/h1-3,12H,4H2. The summed E-state index contributed by atoms with van der Waals surface area (Å²) in [6, 6.07) is 3.95. The van der Waals surface area contributed by atoms with E-state index in [1.54, 1.807) is 0 Å². The summed E-state index contributed by atoms with van der Waals surface area (Å²) in [5, 5.41) is 7.62. The fraction of sp³-hybridized carbons (Fsp3) is 0.111. The maximum absolute atomic E-state index is 12.9. The Labute approximate surface area is 94.7 Å². The first-order valence-electron chi connectivity index (χ1n) is 4.09. The van der Waals surface area contributed by atoms with Gasteiger partial charge in [-0.1, -0.05) is 23.4 Å². The van der Waals surface area contributed by atoms with Crippen LogP contribution in [0.3, 0.4) is 0 Å². The van der Waals surface area contributed by atoms with Gasteiger partial charge in [-0.3, -0.25) is 15.1 Å². The van der Waals surface area contributed by atoms with Gasteiger partial charge in [0.2, 0.25) is 5.91 Å². The molecular formula is C9H6ClFN2OS. The molecule has 0 aromatic heterocycles. The van der Waals surface area contributed by atoms with E-state index in [1.165, 1.54) is 23.1 Å². The predicted molar refractivity (Wildman–Crippen MR) is 59.1 cm³/mol. The smallest absolute Gasteiger partial charge is 0.243 e. The number of hydrogen-bond donors (Lipinski definition) is 1. The number of benzene rings is 1. The summed E-state index contributed by atoms with van der Waals surface area (Å²) in [7, 11) is 0. The lowest BCUT2D eigenvalue weighted by Crippen LogP contribution is -2.28. The van der Waals surface area contributed by atoms with Crippen LogP contribution in [-0.4, -0.2) is 16.8 Å². The summed E-state index contributed by atoms with van der Waals surface area (Å²) in [6.45, 7) is 0. The van der Waals surface area contributed by atoms with Crippen molar-refractivity contribution in [3.05, 3.63) is 29.0 Å². The third kappa shape index (κ3) is 1.85. The first-order valence-corrected chi connectivity index (χ1v) is 5.45. The van der Waals surface area contributed by atoms with E-state index in [0.717, 1.165) is 11.8 Å². The Morgan fingerprint density at radius 3 is 2.80 bits per heavy atom. The minimum atomic E-state index is -0.536. The maximum Gasteiger partial charge on any atom is 0.243 e. The van der Waals surface area contributed by atoms with E-state index in [1.807, 2.05) is 0 Å². The van der Waals surface area contributed by atoms with Crippen molar-refractivity contribution in [2.45, 2.75) is 0 Å². The van der Waals surface area contributed by atoms with E-state index < -0.39 is 5.82 Å². The quantitative estimate of drug-likeness (QED) is 0.825. The molecule has 1 N–H and O–H groups in total. The Morgan fingerprint density at radius 1 is 1.53 bits per heavy atom. The molecule has 1 fully saturated rings. The van der Waals surface area contributed by atoms with Crippen LogP contribution in [-0.2, 0) is 4.79 Å². The Kier molecular flexibility index (Phi) is 2.67. The van der Waals surface area contributed by atoms with Gasteiger partial charge in [-0.15, -0.1) is 0 Å². The van der Waals surface area contributed by atoms with Crippen LogP contribution in [0, 0.1) is 11.2 Å². The Balaban J connectivity index is 2.41.